The van der Waals surface area contributed by atoms with Gasteiger partial charge in [0, 0.05) is 12.5 Å². The molecule has 20 heavy (non-hydrogen) atoms. The normalized spacial score (nSPS) is 19.1. The Labute approximate surface area is 120 Å². The smallest absolute Gasteiger partial charge is 0.236 e. The van der Waals surface area contributed by atoms with Crippen LogP contribution in [0.4, 0.5) is 0 Å². The van der Waals surface area contributed by atoms with Crippen molar-refractivity contribution in [2.75, 3.05) is 13.2 Å². The third-order valence-electron chi connectivity index (χ3n) is 3.67. The number of hydrogen-bond donors (Lipinski definition) is 2. The van der Waals surface area contributed by atoms with Crippen molar-refractivity contribution in [2.45, 2.75) is 38.6 Å². The zero-order valence-corrected chi connectivity index (χ0v) is 12.3. The van der Waals surface area contributed by atoms with E-state index in [9.17, 15) is 4.79 Å². The Morgan fingerprint density at radius 2 is 2.20 bits per heavy atom. The number of carbonyl (C=O) groups is 1. The largest absolute Gasteiger partial charge is 0.493 e. The summed E-state index contributed by atoms with van der Waals surface area (Å²) in [4.78, 5) is 12.0. The van der Waals surface area contributed by atoms with Gasteiger partial charge in [0.1, 0.15) is 5.75 Å². The fourth-order valence-electron chi connectivity index (χ4n) is 2.60. The lowest BCUT2D eigenvalue weighted by Gasteiger charge is -2.26. The first-order valence-corrected chi connectivity index (χ1v) is 7.33. The minimum absolute atomic E-state index is 0.0531. The zero-order valence-electron chi connectivity index (χ0n) is 12.3. The summed E-state index contributed by atoms with van der Waals surface area (Å²) in [7, 11) is 0. The van der Waals surface area contributed by atoms with Crippen molar-refractivity contribution < 1.29 is 9.53 Å². The highest BCUT2D eigenvalue weighted by molar-refractivity contribution is 5.81. The van der Waals surface area contributed by atoms with Gasteiger partial charge in [-0.25, -0.2) is 0 Å². The maximum Gasteiger partial charge on any atom is 0.236 e. The molecule has 0 fully saturated rings. The molecule has 1 heterocycles. The van der Waals surface area contributed by atoms with E-state index in [0.29, 0.717) is 25.0 Å². The number of fused-ring (bicyclic) bond motifs is 1. The standard InChI is InChI=1S/C16H24N2O2/c1-11(2)9-14(17)16(19)18-10-12-7-8-20-15-6-4-3-5-13(12)15/h3-6,11-12,14H,7-10,17H2,1-2H3,(H,18,19)/t12?,14-/m0/s1. The highest BCUT2D eigenvalue weighted by Gasteiger charge is 2.22. The number of carbonyl (C=O) groups excluding carboxylic acids is 1. The van der Waals surface area contributed by atoms with Gasteiger partial charge in [-0.3, -0.25) is 4.79 Å². The average Bonchev–Trinajstić information content (AvgIpc) is 2.44. The Kier molecular flexibility index (Phi) is 5.01. The number of nitrogens with one attached hydrogen (secondary N) is 1. The molecule has 4 nitrogen and oxygen atoms in total. The molecule has 0 aromatic heterocycles. The molecule has 0 saturated carbocycles. The van der Waals surface area contributed by atoms with E-state index in [-0.39, 0.29) is 5.91 Å². The lowest BCUT2D eigenvalue weighted by atomic mass is 9.93. The predicted molar refractivity (Wildman–Crippen MR) is 79.7 cm³/mol. The maximum atomic E-state index is 12.0. The zero-order chi connectivity index (χ0) is 14.5. The van der Waals surface area contributed by atoms with E-state index in [1.807, 2.05) is 18.2 Å². The summed E-state index contributed by atoms with van der Waals surface area (Å²) in [6.45, 7) is 5.48. The lowest BCUT2D eigenvalue weighted by molar-refractivity contribution is -0.122. The summed E-state index contributed by atoms with van der Waals surface area (Å²) < 4.78 is 5.62. The minimum Gasteiger partial charge on any atom is -0.493 e. The van der Waals surface area contributed by atoms with Gasteiger partial charge >= 0.3 is 0 Å². The second kappa shape index (κ2) is 6.75. The maximum absolute atomic E-state index is 12.0. The summed E-state index contributed by atoms with van der Waals surface area (Å²) in [5.41, 5.74) is 7.07. The van der Waals surface area contributed by atoms with Crippen LogP contribution in [0.25, 0.3) is 0 Å². The minimum atomic E-state index is -0.412. The van der Waals surface area contributed by atoms with Crippen molar-refractivity contribution in [2.24, 2.45) is 11.7 Å². The molecule has 2 atom stereocenters. The molecule has 1 unspecified atom stereocenters. The van der Waals surface area contributed by atoms with Crippen LogP contribution in [-0.2, 0) is 4.79 Å². The molecule has 1 aromatic carbocycles. The first-order chi connectivity index (χ1) is 9.58. The van der Waals surface area contributed by atoms with Crippen molar-refractivity contribution in [3.8, 4) is 5.75 Å². The molecule has 110 valence electrons. The number of nitrogens with two attached hydrogens (primary N) is 1. The van der Waals surface area contributed by atoms with Gasteiger partial charge in [0.25, 0.3) is 0 Å². The molecule has 0 aliphatic carbocycles. The van der Waals surface area contributed by atoms with E-state index in [4.69, 9.17) is 10.5 Å². The second-order valence-electron chi connectivity index (χ2n) is 5.85. The van der Waals surface area contributed by atoms with Gasteiger partial charge in [-0.15, -0.1) is 0 Å². The third kappa shape index (κ3) is 3.73. The van der Waals surface area contributed by atoms with E-state index in [2.05, 4.69) is 25.2 Å². The van der Waals surface area contributed by atoms with Gasteiger partial charge in [-0.05, 0) is 30.4 Å². The topological polar surface area (TPSA) is 64.4 Å². The van der Waals surface area contributed by atoms with Gasteiger partial charge in [-0.2, -0.15) is 0 Å². The third-order valence-corrected chi connectivity index (χ3v) is 3.67. The predicted octanol–water partition coefficient (Wildman–Crippen LogP) is 2.04. The Balaban J connectivity index is 1.90. The Morgan fingerprint density at radius 3 is 2.95 bits per heavy atom. The first kappa shape index (κ1) is 14.9. The van der Waals surface area contributed by atoms with Crippen LogP contribution in [0.1, 0.15) is 38.2 Å². The van der Waals surface area contributed by atoms with Crippen LogP contribution in [0.3, 0.4) is 0 Å². The fourth-order valence-corrected chi connectivity index (χ4v) is 2.60. The quantitative estimate of drug-likeness (QED) is 0.865. The molecular weight excluding hydrogens is 252 g/mol. The highest BCUT2D eigenvalue weighted by atomic mass is 16.5. The average molecular weight is 276 g/mol. The van der Waals surface area contributed by atoms with Crippen LogP contribution < -0.4 is 15.8 Å². The molecule has 1 aromatic rings. The molecule has 0 radical (unpaired) electrons. The summed E-state index contributed by atoms with van der Waals surface area (Å²) in [6, 6.07) is 7.61. The fraction of sp³-hybridized carbons (Fsp3) is 0.562. The summed E-state index contributed by atoms with van der Waals surface area (Å²) in [6.07, 6.45) is 1.65. The number of para-hydroxylation sites is 1. The molecule has 2 rings (SSSR count). The van der Waals surface area contributed by atoms with Gasteiger partial charge in [0.15, 0.2) is 0 Å². The van der Waals surface area contributed by atoms with Gasteiger partial charge in [0.2, 0.25) is 5.91 Å². The van der Waals surface area contributed by atoms with Crippen molar-refractivity contribution in [3.63, 3.8) is 0 Å². The molecule has 1 amide bonds. The molecule has 3 N–H and O–H groups in total. The Morgan fingerprint density at radius 1 is 1.45 bits per heavy atom. The van der Waals surface area contributed by atoms with Gasteiger partial charge < -0.3 is 15.8 Å². The molecule has 1 aliphatic rings. The van der Waals surface area contributed by atoms with Crippen molar-refractivity contribution in [3.05, 3.63) is 29.8 Å². The Bertz CT molecular complexity index is 460. The van der Waals surface area contributed by atoms with Crippen LogP contribution in [0.15, 0.2) is 24.3 Å². The van der Waals surface area contributed by atoms with Crippen molar-refractivity contribution >= 4 is 5.91 Å². The molecule has 0 saturated heterocycles. The highest BCUT2D eigenvalue weighted by Crippen LogP contribution is 2.32. The number of amides is 1. The molecule has 4 heteroatoms. The summed E-state index contributed by atoms with van der Waals surface area (Å²) in [5, 5.41) is 2.98. The van der Waals surface area contributed by atoms with E-state index in [0.717, 1.165) is 18.6 Å². The monoisotopic (exact) mass is 276 g/mol. The van der Waals surface area contributed by atoms with E-state index >= 15 is 0 Å². The number of hydrogen-bond acceptors (Lipinski definition) is 3. The number of rotatable bonds is 5. The van der Waals surface area contributed by atoms with Crippen LogP contribution in [0.5, 0.6) is 5.75 Å². The first-order valence-electron chi connectivity index (χ1n) is 7.33. The van der Waals surface area contributed by atoms with Crippen LogP contribution in [0.2, 0.25) is 0 Å². The van der Waals surface area contributed by atoms with Crippen molar-refractivity contribution in [1.82, 2.24) is 5.32 Å². The van der Waals surface area contributed by atoms with E-state index in [1.165, 1.54) is 5.56 Å². The van der Waals surface area contributed by atoms with Crippen LogP contribution >= 0.6 is 0 Å². The summed E-state index contributed by atoms with van der Waals surface area (Å²) >= 11 is 0. The molecule has 0 bridgehead atoms. The SMILES string of the molecule is CC(C)C[C@H](N)C(=O)NCC1CCOc2ccccc21. The van der Waals surface area contributed by atoms with E-state index < -0.39 is 6.04 Å². The number of ether oxygens (including phenoxy) is 1. The van der Waals surface area contributed by atoms with Crippen LogP contribution in [0, 0.1) is 5.92 Å². The van der Waals surface area contributed by atoms with E-state index in [1.54, 1.807) is 0 Å². The van der Waals surface area contributed by atoms with Gasteiger partial charge in [0.05, 0.1) is 12.6 Å². The molecule has 0 spiro atoms. The van der Waals surface area contributed by atoms with Crippen molar-refractivity contribution in [1.29, 1.82) is 0 Å². The molecular formula is C16H24N2O2. The van der Waals surface area contributed by atoms with Gasteiger partial charge in [-0.1, -0.05) is 32.0 Å². The lowest BCUT2D eigenvalue weighted by Crippen LogP contribution is -2.43. The Hall–Kier alpha value is -1.55. The number of benzene rings is 1. The molecule has 1 aliphatic heterocycles. The van der Waals surface area contributed by atoms with Crippen LogP contribution in [-0.4, -0.2) is 25.1 Å². The summed E-state index contributed by atoms with van der Waals surface area (Å²) in [5.74, 6) is 1.63. The second-order valence-corrected chi connectivity index (χ2v) is 5.85.